The molecule has 8 nitrogen and oxygen atoms in total. The minimum atomic E-state index is -0.325. The van der Waals surface area contributed by atoms with E-state index in [1.54, 1.807) is 7.11 Å². The van der Waals surface area contributed by atoms with E-state index in [-0.39, 0.29) is 19.2 Å². The van der Waals surface area contributed by atoms with Gasteiger partial charge in [0.2, 0.25) is 6.41 Å². The SMILES string of the molecule is CNCCOC(OCCOC)c1ccc(C)cc1.NC=O.O=CO. The van der Waals surface area contributed by atoms with Crippen LogP contribution in [0.1, 0.15) is 17.4 Å². The number of aryl methyl sites for hydroxylation is 1. The highest BCUT2D eigenvalue weighted by Crippen LogP contribution is 2.19. The van der Waals surface area contributed by atoms with Gasteiger partial charge >= 0.3 is 0 Å². The fraction of sp³-hybridized carbons (Fsp3) is 0.500. The normalized spacial score (nSPS) is 10.5. The summed E-state index contributed by atoms with van der Waals surface area (Å²) >= 11 is 0. The first kappa shape index (κ1) is 24.3. The lowest BCUT2D eigenvalue weighted by Gasteiger charge is -2.19. The molecule has 0 aromatic heterocycles. The summed E-state index contributed by atoms with van der Waals surface area (Å²) in [5.41, 5.74) is 6.43. The number of carboxylic acid groups (broad SMARTS) is 1. The molecule has 24 heavy (non-hydrogen) atoms. The molecule has 8 heteroatoms. The van der Waals surface area contributed by atoms with Crippen molar-refractivity contribution in [2.45, 2.75) is 13.2 Å². The second-order valence-electron chi connectivity index (χ2n) is 4.32. The van der Waals surface area contributed by atoms with Crippen LogP contribution in [0.15, 0.2) is 24.3 Å². The lowest BCUT2D eigenvalue weighted by molar-refractivity contribution is -0.152. The van der Waals surface area contributed by atoms with Gasteiger partial charge in [-0.1, -0.05) is 29.8 Å². The third kappa shape index (κ3) is 14.9. The number of primary amides is 1. The first-order valence-corrected chi connectivity index (χ1v) is 7.27. The van der Waals surface area contributed by atoms with Gasteiger partial charge in [-0.25, -0.2) is 0 Å². The molecule has 0 heterocycles. The third-order valence-corrected chi connectivity index (χ3v) is 2.53. The van der Waals surface area contributed by atoms with Crippen LogP contribution in [0.25, 0.3) is 0 Å². The van der Waals surface area contributed by atoms with E-state index in [2.05, 4.69) is 30.1 Å². The Morgan fingerprint density at radius 2 is 1.67 bits per heavy atom. The smallest absolute Gasteiger partial charge is 0.290 e. The largest absolute Gasteiger partial charge is 0.483 e. The van der Waals surface area contributed by atoms with Crippen LogP contribution in [0.3, 0.4) is 0 Å². The maximum absolute atomic E-state index is 8.58. The van der Waals surface area contributed by atoms with Gasteiger partial charge in [-0.15, -0.1) is 0 Å². The Morgan fingerprint density at radius 1 is 1.17 bits per heavy atom. The molecule has 4 N–H and O–H groups in total. The Labute approximate surface area is 142 Å². The van der Waals surface area contributed by atoms with Gasteiger partial charge in [0.05, 0.1) is 19.8 Å². The van der Waals surface area contributed by atoms with E-state index in [4.69, 9.17) is 28.9 Å². The fourth-order valence-corrected chi connectivity index (χ4v) is 1.47. The number of nitrogens with one attached hydrogen (secondary N) is 1. The number of rotatable bonds is 9. The molecule has 1 aromatic carbocycles. The predicted octanol–water partition coefficient (Wildman–Crippen LogP) is 0.695. The summed E-state index contributed by atoms with van der Waals surface area (Å²) in [7, 11) is 3.56. The molecule has 1 atom stereocenters. The van der Waals surface area contributed by atoms with Gasteiger partial charge in [-0.3, -0.25) is 9.59 Å². The third-order valence-electron chi connectivity index (χ3n) is 2.53. The van der Waals surface area contributed by atoms with Crippen molar-refractivity contribution in [3.8, 4) is 0 Å². The van der Waals surface area contributed by atoms with Crippen molar-refractivity contribution in [1.82, 2.24) is 5.32 Å². The molecule has 0 aliphatic heterocycles. The van der Waals surface area contributed by atoms with E-state index in [0.29, 0.717) is 19.8 Å². The summed E-state index contributed by atoms with van der Waals surface area (Å²) < 4.78 is 16.4. The molecule has 0 saturated heterocycles. The number of methoxy groups -OCH3 is 1. The van der Waals surface area contributed by atoms with Crippen LogP contribution >= 0.6 is 0 Å². The molecular formula is C16H28N2O6. The van der Waals surface area contributed by atoms with Crippen molar-refractivity contribution in [2.75, 3.05) is 40.5 Å². The van der Waals surface area contributed by atoms with Crippen LogP contribution in [0.4, 0.5) is 0 Å². The van der Waals surface area contributed by atoms with E-state index in [0.717, 1.165) is 12.1 Å². The maximum Gasteiger partial charge on any atom is 0.290 e. The molecule has 1 amide bonds. The highest BCUT2D eigenvalue weighted by Gasteiger charge is 2.11. The summed E-state index contributed by atoms with van der Waals surface area (Å²) in [5.74, 6) is 0. The van der Waals surface area contributed by atoms with E-state index in [1.807, 2.05) is 19.2 Å². The van der Waals surface area contributed by atoms with Crippen molar-refractivity contribution in [2.24, 2.45) is 5.73 Å². The maximum atomic E-state index is 8.58. The van der Waals surface area contributed by atoms with Crippen LogP contribution in [-0.2, 0) is 23.8 Å². The van der Waals surface area contributed by atoms with Crippen LogP contribution in [0.2, 0.25) is 0 Å². The number of hydrogen-bond donors (Lipinski definition) is 3. The van der Waals surface area contributed by atoms with Crippen LogP contribution < -0.4 is 11.1 Å². The van der Waals surface area contributed by atoms with Crippen molar-refractivity contribution in [1.29, 1.82) is 0 Å². The number of carbonyl (C=O) groups excluding carboxylic acids is 1. The Bertz CT molecular complexity index is 384. The van der Waals surface area contributed by atoms with Crippen molar-refractivity contribution in [3.63, 3.8) is 0 Å². The number of carbonyl (C=O) groups is 2. The Morgan fingerprint density at radius 3 is 2.12 bits per heavy atom. The van der Waals surface area contributed by atoms with Gasteiger partial charge in [-0.05, 0) is 14.0 Å². The van der Waals surface area contributed by atoms with Gasteiger partial charge in [0, 0.05) is 19.2 Å². The fourth-order valence-electron chi connectivity index (χ4n) is 1.47. The van der Waals surface area contributed by atoms with Gasteiger partial charge in [-0.2, -0.15) is 0 Å². The number of ether oxygens (including phenoxy) is 3. The van der Waals surface area contributed by atoms with E-state index in [9.17, 15) is 0 Å². The zero-order valence-electron chi connectivity index (χ0n) is 14.4. The Balaban J connectivity index is 0. The zero-order chi connectivity index (χ0) is 18.6. The van der Waals surface area contributed by atoms with E-state index in [1.165, 1.54) is 5.56 Å². The number of nitrogens with two attached hydrogens (primary N) is 1. The second kappa shape index (κ2) is 19.0. The Kier molecular flexibility index (Phi) is 19.2. The standard InChI is InChI=1S/C14H23NO3.CH3NO.CH2O2/c1-12-4-6-13(7-5-12)14(17-9-8-15-2)18-11-10-16-3;2*2-1-3/h4-7,14-15H,8-11H2,1-3H3;1H,(H2,2,3);1H,(H,2,3). The number of amides is 1. The molecule has 0 aliphatic rings. The number of hydrogen-bond acceptors (Lipinski definition) is 6. The molecule has 1 unspecified atom stereocenters. The average Bonchev–Trinajstić information content (AvgIpc) is 2.56. The van der Waals surface area contributed by atoms with Crippen LogP contribution in [0.5, 0.6) is 0 Å². The summed E-state index contributed by atoms with van der Waals surface area (Å²) in [6, 6.07) is 8.19. The van der Waals surface area contributed by atoms with Gasteiger partial charge < -0.3 is 30.4 Å². The topological polar surface area (TPSA) is 120 Å². The number of benzene rings is 1. The van der Waals surface area contributed by atoms with Crippen molar-refractivity contribution >= 4 is 12.9 Å². The minimum Gasteiger partial charge on any atom is -0.483 e. The summed E-state index contributed by atoms with van der Waals surface area (Å²) in [4.78, 5) is 16.9. The molecule has 0 bridgehead atoms. The highest BCUT2D eigenvalue weighted by molar-refractivity contribution is 5.42. The lowest BCUT2D eigenvalue weighted by Crippen LogP contribution is -2.19. The highest BCUT2D eigenvalue weighted by atomic mass is 16.7. The Hall–Kier alpha value is -2.00. The van der Waals surface area contributed by atoms with Crippen LogP contribution in [-0.4, -0.2) is 58.5 Å². The van der Waals surface area contributed by atoms with Crippen molar-refractivity contribution in [3.05, 3.63) is 35.4 Å². The van der Waals surface area contributed by atoms with Gasteiger partial charge in [0.25, 0.3) is 6.47 Å². The van der Waals surface area contributed by atoms with Gasteiger partial charge in [0.1, 0.15) is 0 Å². The molecule has 1 aromatic rings. The molecule has 0 saturated carbocycles. The molecule has 0 spiro atoms. The predicted molar refractivity (Wildman–Crippen MR) is 90.6 cm³/mol. The second-order valence-corrected chi connectivity index (χ2v) is 4.32. The average molecular weight is 344 g/mol. The summed E-state index contributed by atoms with van der Waals surface area (Å²) in [6.45, 7) is 4.32. The molecule has 138 valence electrons. The molecular weight excluding hydrogens is 316 g/mol. The van der Waals surface area contributed by atoms with Crippen LogP contribution in [0, 0.1) is 6.92 Å². The number of likely N-dealkylation sites (N-methyl/N-ethyl adjacent to an activating group) is 1. The van der Waals surface area contributed by atoms with E-state index < -0.39 is 0 Å². The van der Waals surface area contributed by atoms with Crippen molar-refractivity contribution < 1.29 is 28.9 Å². The molecule has 0 radical (unpaired) electrons. The first-order chi connectivity index (χ1) is 11.6. The minimum absolute atomic E-state index is 0.250. The monoisotopic (exact) mass is 344 g/mol. The molecule has 0 aliphatic carbocycles. The summed E-state index contributed by atoms with van der Waals surface area (Å²) in [6.07, 6.45) is -0.0749. The lowest BCUT2D eigenvalue weighted by atomic mass is 10.1. The zero-order valence-corrected chi connectivity index (χ0v) is 14.4. The first-order valence-electron chi connectivity index (χ1n) is 7.27. The van der Waals surface area contributed by atoms with Gasteiger partial charge in [0.15, 0.2) is 6.29 Å². The molecule has 1 rings (SSSR count). The summed E-state index contributed by atoms with van der Waals surface area (Å²) in [5, 5.41) is 9.93. The molecule has 0 fully saturated rings. The quantitative estimate of drug-likeness (QED) is 0.342. The van der Waals surface area contributed by atoms with E-state index >= 15 is 0 Å².